The molecule has 4 amide bonds. The average molecular weight is 835 g/mol. The van der Waals surface area contributed by atoms with Gasteiger partial charge in [0, 0.05) is 87.9 Å². The molecular weight excluding hydrogens is 777 g/mol. The zero-order chi connectivity index (χ0) is 43.0. The van der Waals surface area contributed by atoms with Gasteiger partial charge in [0.25, 0.3) is 0 Å². The van der Waals surface area contributed by atoms with E-state index in [0.29, 0.717) is 37.3 Å². The highest BCUT2D eigenvalue weighted by molar-refractivity contribution is 5.99. The average Bonchev–Trinajstić information content (AvgIpc) is 4.01. The van der Waals surface area contributed by atoms with E-state index in [1.54, 1.807) is 9.80 Å². The number of piperazine rings is 2. The number of amides is 4. The largest absolute Gasteiger partial charge is 0.329 e. The van der Waals surface area contributed by atoms with Crippen LogP contribution in [0.2, 0.25) is 0 Å². The van der Waals surface area contributed by atoms with E-state index in [1.165, 1.54) is 0 Å². The summed E-state index contributed by atoms with van der Waals surface area (Å²) in [6.45, 7) is 7.88. The van der Waals surface area contributed by atoms with Gasteiger partial charge in [-0.3, -0.25) is 29.0 Å². The van der Waals surface area contributed by atoms with Crippen LogP contribution in [0.3, 0.4) is 0 Å². The van der Waals surface area contributed by atoms with Gasteiger partial charge < -0.3 is 30.2 Å². The Labute approximate surface area is 365 Å². The number of hydrogen-bond acceptors (Lipinski definition) is 8. The molecule has 0 bridgehead atoms. The van der Waals surface area contributed by atoms with E-state index < -0.39 is 24.2 Å². The number of anilines is 2. The predicted octanol–water partition coefficient (Wildman–Crippen LogP) is 4.92. The van der Waals surface area contributed by atoms with Crippen molar-refractivity contribution in [1.29, 1.82) is 0 Å². The van der Waals surface area contributed by atoms with Crippen LogP contribution in [-0.2, 0) is 19.2 Å². The summed E-state index contributed by atoms with van der Waals surface area (Å²) in [4.78, 5) is 68.4. The van der Waals surface area contributed by atoms with Crippen LogP contribution in [0.5, 0.6) is 0 Å². The topological polar surface area (TPSA) is 112 Å². The number of hydrogen-bond donors (Lipinski definition) is 2. The maximum Gasteiger partial charge on any atom is 0.247 e. The molecule has 12 nitrogen and oxygen atoms in total. The van der Waals surface area contributed by atoms with Gasteiger partial charge in [0.1, 0.15) is 24.2 Å². The molecule has 12 heteroatoms. The summed E-state index contributed by atoms with van der Waals surface area (Å²) in [5.74, 6) is 6.01. The molecule has 4 heterocycles. The molecule has 4 aliphatic heterocycles. The molecule has 4 fully saturated rings. The van der Waals surface area contributed by atoms with E-state index >= 15 is 0 Å². The molecule has 2 unspecified atom stereocenters. The molecule has 2 N–H and O–H groups in total. The van der Waals surface area contributed by atoms with Gasteiger partial charge in [-0.1, -0.05) is 72.5 Å². The van der Waals surface area contributed by atoms with Crippen molar-refractivity contribution in [3.8, 4) is 11.8 Å². The molecule has 0 aromatic heterocycles. The van der Waals surface area contributed by atoms with Crippen LogP contribution in [0.15, 0.2) is 109 Å². The Bertz CT molecular complexity index is 2070. The first-order chi connectivity index (χ1) is 30.2. The van der Waals surface area contributed by atoms with Crippen molar-refractivity contribution in [3.63, 3.8) is 0 Å². The fraction of sp³-hybridized carbons (Fsp3) is 0.400. The maximum atomic E-state index is 14.2. The number of benzene rings is 4. The summed E-state index contributed by atoms with van der Waals surface area (Å²) >= 11 is 0. The minimum absolute atomic E-state index is 0.0132. The van der Waals surface area contributed by atoms with Gasteiger partial charge in [-0.05, 0) is 99.4 Å². The van der Waals surface area contributed by atoms with E-state index in [9.17, 15) is 19.2 Å². The van der Waals surface area contributed by atoms with E-state index in [0.717, 1.165) is 87.5 Å². The van der Waals surface area contributed by atoms with Crippen molar-refractivity contribution in [2.75, 3.05) is 90.2 Å². The Morgan fingerprint density at radius 2 is 0.839 bits per heavy atom. The second-order valence-electron chi connectivity index (χ2n) is 17.1. The molecule has 4 aromatic carbocycles. The lowest BCUT2D eigenvalue weighted by Crippen LogP contribution is -2.52. The van der Waals surface area contributed by atoms with Crippen molar-refractivity contribution < 1.29 is 19.2 Å². The van der Waals surface area contributed by atoms with Gasteiger partial charge in [-0.25, -0.2) is 0 Å². The third-order valence-electron chi connectivity index (χ3n) is 12.8. The molecule has 4 saturated heterocycles. The highest BCUT2D eigenvalue weighted by Crippen LogP contribution is 2.31. The first kappa shape index (κ1) is 42.8. The maximum absolute atomic E-state index is 14.2. The Kier molecular flexibility index (Phi) is 13.8. The van der Waals surface area contributed by atoms with Gasteiger partial charge in [-0.2, -0.15) is 0 Å². The number of nitrogens with zero attached hydrogens (tertiary/aromatic N) is 6. The van der Waals surface area contributed by atoms with Crippen LogP contribution in [0.25, 0.3) is 0 Å². The summed E-state index contributed by atoms with van der Waals surface area (Å²) in [5, 5.41) is 6.11. The van der Waals surface area contributed by atoms with Crippen LogP contribution >= 0.6 is 0 Å². The summed E-state index contributed by atoms with van der Waals surface area (Å²) in [7, 11) is 4.21. The van der Waals surface area contributed by atoms with Crippen molar-refractivity contribution in [2.24, 2.45) is 0 Å². The van der Waals surface area contributed by atoms with E-state index in [-0.39, 0.29) is 23.6 Å². The molecule has 62 heavy (non-hydrogen) atoms. The van der Waals surface area contributed by atoms with E-state index in [4.69, 9.17) is 0 Å². The Hall–Kier alpha value is -5.84. The van der Waals surface area contributed by atoms with Crippen LogP contribution in [0, 0.1) is 11.8 Å². The Morgan fingerprint density at radius 3 is 1.19 bits per heavy atom. The zero-order valence-electron chi connectivity index (χ0n) is 35.9. The predicted molar refractivity (Wildman–Crippen MR) is 242 cm³/mol. The summed E-state index contributed by atoms with van der Waals surface area (Å²) in [5.41, 5.74) is 4.79. The minimum atomic E-state index is -0.535. The number of carbonyl (C=O) groups excluding carboxylic acids is 4. The number of rotatable bonds is 10. The lowest BCUT2D eigenvalue weighted by molar-refractivity contribution is -0.142. The molecule has 0 radical (unpaired) electrons. The van der Waals surface area contributed by atoms with E-state index in [2.05, 4.69) is 56.2 Å². The van der Waals surface area contributed by atoms with Crippen molar-refractivity contribution in [1.82, 2.24) is 29.4 Å². The molecule has 4 aliphatic rings. The Morgan fingerprint density at radius 1 is 0.484 bits per heavy atom. The van der Waals surface area contributed by atoms with Gasteiger partial charge in [-0.15, -0.1) is 0 Å². The minimum Gasteiger partial charge on any atom is -0.329 e. The molecular formula is C50H58N8O4. The molecule has 4 aromatic rings. The van der Waals surface area contributed by atoms with Crippen molar-refractivity contribution in [2.45, 2.75) is 49.9 Å². The zero-order valence-corrected chi connectivity index (χ0v) is 35.9. The third-order valence-corrected chi connectivity index (χ3v) is 12.8. The standard InChI is InChI=1S/C50H58N8O4/c1-53-29-33-55(34-30-53)45(39-11-5-3-6-12-39)49(61)57-27-9-15-43(57)47(59)51-41-23-19-37(20-24-41)17-18-38-21-25-42(26-22-38)52-48(60)44-16-10-28-58(44)50(62)46(40-13-7-4-8-14-40)56-35-31-54(2)32-36-56/h3-8,11-14,19-26,43-46H,9-10,15-16,27-36H2,1-2H3,(H,51,59)(H,52,60)/t43-,44-,45?,46?/m0/s1. The first-order valence-corrected chi connectivity index (χ1v) is 22.1. The smallest absolute Gasteiger partial charge is 0.247 e. The highest BCUT2D eigenvalue weighted by Gasteiger charge is 2.42. The summed E-state index contributed by atoms with van der Waals surface area (Å²) < 4.78 is 0. The number of likely N-dealkylation sites (N-methyl/N-ethyl adjacent to an activating group) is 2. The van der Waals surface area contributed by atoms with Gasteiger partial charge in [0.2, 0.25) is 23.6 Å². The molecule has 322 valence electrons. The van der Waals surface area contributed by atoms with Gasteiger partial charge >= 0.3 is 0 Å². The fourth-order valence-electron chi connectivity index (χ4n) is 9.24. The highest BCUT2D eigenvalue weighted by atomic mass is 16.2. The van der Waals surface area contributed by atoms with Crippen LogP contribution in [0.1, 0.15) is 60.0 Å². The quantitative estimate of drug-likeness (QED) is 0.217. The van der Waals surface area contributed by atoms with Crippen LogP contribution in [-0.4, -0.2) is 145 Å². The second kappa shape index (κ2) is 19.9. The number of carbonyl (C=O) groups is 4. The third kappa shape index (κ3) is 10.1. The second-order valence-corrected chi connectivity index (χ2v) is 17.1. The van der Waals surface area contributed by atoms with Gasteiger partial charge in [0.15, 0.2) is 0 Å². The van der Waals surface area contributed by atoms with E-state index in [1.807, 2.05) is 109 Å². The molecule has 0 spiro atoms. The van der Waals surface area contributed by atoms with Crippen molar-refractivity contribution in [3.05, 3.63) is 131 Å². The van der Waals surface area contributed by atoms with Crippen LogP contribution in [0.4, 0.5) is 11.4 Å². The molecule has 8 rings (SSSR count). The van der Waals surface area contributed by atoms with Crippen molar-refractivity contribution >= 4 is 35.0 Å². The molecule has 0 saturated carbocycles. The summed E-state index contributed by atoms with van der Waals surface area (Å²) in [6.07, 6.45) is 2.81. The SMILES string of the molecule is CN1CCN(C(C(=O)N2CCC[C@H]2C(=O)Nc2ccc(C#Cc3ccc(NC(=O)[C@@H]4CCCN4C(=O)C(c4ccccc4)N4CCN(C)CC4)cc3)cc2)c2ccccc2)CC1. The fourth-order valence-corrected chi connectivity index (χ4v) is 9.24. The summed E-state index contributed by atoms with van der Waals surface area (Å²) in [6, 6.07) is 32.8. The number of likely N-dealkylation sites (tertiary alicyclic amines) is 2. The molecule has 4 atom stereocenters. The molecule has 0 aliphatic carbocycles. The Balaban J connectivity index is 0.858. The van der Waals surface area contributed by atoms with Gasteiger partial charge in [0.05, 0.1) is 0 Å². The lowest BCUT2D eigenvalue weighted by atomic mass is 10.0. The monoisotopic (exact) mass is 834 g/mol. The normalized spacial score (nSPS) is 21.1. The first-order valence-electron chi connectivity index (χ1n) is 22.1. The number of nitrogens with one attached hydrogen (secondary N) is 2. The lowest BCUT2D eigenvalue weighted by Gasteiger charge is -2.39. The van der Waals surface area contributed by atoms with Crippen LogP contribution < -0.4 is 10.6 Å².